The summed E-state index contributed by atoms with van der Waals surface area (Å²) in [5.41, 5.74) is 3.29. The highest BCUT2D eigenvalue weighted by Gasteiger charge is 2.38. The summed E-state index contributed by atoms with van der Waals surface area (Å²) in [4.78, 5) is 36.9. The number of nitrogens with one attached hydrogen (secondary N) is 2. The van der Waals surface area contributed by atoms with Crippen molar-refractivity contribution >= 4 is 50.5 Å². The van der Waals surface area contributed by atoms with Gasteiger partial charge in [-0.3, -0.25) is 0 Å². The highest BCUT2D eigenvalue weighted by atomic mass is 19.4. The molecule has 45 heavy (non-hydrogen) atoms. The maximum atomic E-state index is 12.1. The summed E-state index contributed by atoms with van der Waals surface area (Å²) >= 11 is 0. The smallest absolute Gasteiger partial charge is 0.475 e. The van der Waals surface area contributed by atoms with Crippen molar-refractivity contribution in [1.29, 1.82) is 0 Å². The van der Waals surface area contributed by atoms with Crippen molar-refractivity contribution in [3.05, 3.63) is 77.6 Å². The standard InChI is InChI=1S/C31H33N5O2.C2HF3O2/c1-38-31(37)24-12-13-25-26(20-24)33-30-28(25)29(32-14-7-17-36-15-5-2-6-16-36)34-27(35-30)19-21-10-11-22-8-3-4-9-23(22)18-21;3-2(4,5)1(6)7/h3-4,8-13,18,20H,2,5-7,14-17,19H2,1H3,(H2,32,33,34,35);(H,6,7). The van der Waals surface area contributed by atoms with Gasteiger partial charge in [-0.25, -0.2) is 19.6 Å². The van der Waals surface area contributed by atoms with Gasteiger partial charge in [0.2, 0.25) is 0 Å². The molecule has 0 amide bonds. The van der Waals surface area contributed by atoms with Gasteiger partial charge in [0.1, 0.15) is 17.3 Å². The Balaban J connectivity index is 0.000000515. The summed E-state index contributed by atoms with van der Waals surface area (Å²) in [6.07, 6.45) is 0.570. The Morgan fingerprint density at radius 1 is 1.00 bits per heavy atom. The molecule has 236 valence electrons. The van der Waals surface area contributed by atoms with Crippen molar-refractivity contribution in [3.63, 3.8) is 0 Å². The minimum Gasteiger partial charge on any atom is -0.475 e. The monoisotopic (exact) mass is 621 g/mol. The highest BCUT2D eigenvalue weighted by Crippen LogP contribution is 2.31. The minimum atomic E-state index is -5.08. The van der Waals surface area contributed by atoms with Crippen LogP contribution in [0.2, 0.25) is 0 Å². The number of hydrogen-bond acceptors (Lipinski definition) is 7. The van der Waals surface area contributed by atoms with Crippen LogP contribution in [0.25, 0.3) is 32.7 Å². The Morgan fingerprint density at radius 3 is 2.44 bits per heavy atom. The number of piperidine rings is 1. The van der Waals surface area contributed by atoms with E-state index in [0.717, 1.165) is 53.1 Å². The van der Waals surface area contributed by atoms with Crippen molar-refractivity contribution in [2.75, 3.05) is 38.6 Å². The van der Waals surface area contributed by atoms with Crippen molar-refractivity contribution in [2.45, 2.75) is 38.3 Å². The quantitative estimate of drug-likeness (QED) is 0.132. The molecule has 1 fully saturated rings. The lowest BCUT2D eigenvalue weighted by Gasteiger charge is -2.26. The van der Waals surface area contributed by atoms with Crippen molar-refractivity contribution < 1.29 is 32.6 Å². The largest absolute Gasteiger partial charge is 0.490 e. The van der Waals surface area contributed by atoms with E-state index in [1.165, 1.54) is 55.8 Å². The van der Waals surface area contributed by atoms with Crippen LogP contribution in [-0.4, -0.2) is 76.4 Å². The summed E-state index contributed by atoms with van der Waals surface area (Å²) < 4.78 is 36.7. The van der Waals surface area contributed by atoms with E-state index >= 15 is 0 Å². The molecule has 0 spiro atoms. The zero-order chi connectivity index (χ0) is 32.0. The number of anilines is 1. The fraction of sp³-hybridized carbons (Fsp3) is 0.333. The molecule has 0 radical (unpaired) electrons. The van der Waals surface area contributed by atoms with Crippen LogP contribution in [0.4, 0.5) is 19.0 Å². The molecule has 0 aliphatic carbocycles. The fourth-order valence-corrected chi connectivity index (χ4v) is 5.52. The number of ether oxygens (including phenoxy) is 1. The van der Waals surface area contributed by atoms with Gasteiger partial charge in [0.15, 0.2) is 0 Å². The maximum absolute atomic E-state index is 12.1. The number of hydrogen-bond donors (Lipinski definition) is 3. The number of carboxylic acid groups (broad SMARTS) is 1. The number of carbonyl (C=O) groups is 2. The first kappa shape index (κ1) is 31.7. The Kier molecular flexibility index (Phi) is 9.82. The second kappa shape index (κ2) is 13.9. The van der Waals surface area contributed by atoms with Crippen molar-refractivity contribution in [1.82, 2.24) is 19.9 Å². The van der Waals surface area contributed by atoms with Gasteiger partial charge in [-0.05, 0) is 67.4 Å². The van der Waals surface area contributed by atoms with Crippen molar-refractivity contribution in [2.24, 2.45) is 0 Å². The first-order valence-corrected chi connectivity index (χ1v) is 14.8. The van der Waals surface area contributed by atoms with Crippen LogP contribution in [0, 0.1) is 0 Å². The number of carbonyl (C=O) groups excluding carboxylic acids is 1. The first-order valence-electron chi connectivity index (χ1n) is 14.8. The number of benzene rings is 3. The molecular formula is C33H34F3N5O4. The van der Waals surface area contributed by atoms with E-state index in [1.54, 1.807) is 6.07 Å². The zero-order valence-corrected chi connectivity index (χ0v) is 24.8. The topological polar surface area (TPSA) is 120 Å². The number of fused-ring (bicyclic) bond motifs is 4. The van der Waals surface area contributed by atoms with Crippen LogP contribution in [0.15, 0.2) is 60.7 Å². The SMILES string of the molecule is COC(=O)c1ccc2c(c1)[nH]c1nc(Cc3ccc4ccccc4c3)nc(NCCCN3CCCCC3)c12.O=C(O)C(F)(F)F. The van der Waals surface area contributed by atoms with Gasteiger partial charge >= 0.3 is 18.1 Å². The molecule has 2 aromatic heterocycles. The Hall–Kier alpha value is -4.71. The average molecular weight is 622 g/mol. The predicted molar refractivity (Wildman–Crippen MR) is 167 cm³/mol. The summed E-state index contributed by atoms with van der Waals surface area (Å²) in [6.45, 7) is 4.35. The van der Waals surface area contributed by atoms with Gasteiger partial charge in [-0.1, -0.05) is 55.0 Å². The van der Waals surface area contributed by atoms with E-state index in [1.807, 2.05) is 12.1 Å². The molecule has 1 saturated heterocycles. The fourth-order valence-electron chi connectivity index (χ4n) is 5.52. The number of aromatic amines is 1. The molecule has 3 aromatic carbocycles. The molecule has 9 nitrogen and oxygen atoms in total. The lowest BCUT2D eigenvalue weighted by molar-refractivity contribution is -0.192. The van der Waals surface area contributed by atoms with Crippen LogP contribution in [0.3, 0.4) is 0 Å². The van der Waals surface area contributed by atoms with Gasteiger partial charge in [0, 0.05) is 23.9 Å². The zero-order valence-electron chi connectivity index (χ0n) is 24.8. The molecule has 0 unspecified atom stereocenters. The lowest BCUT2D eigenvalue weighted by atomic mass is 10.0. The summed E-state index contributed by atoms with van der Waals surface area (Å²) in [5, 5.41) is 15.1. The number of methoxy groups -OCH3 is 1. The van der Waals surface area contributed by atoms with Gasteiger partial charge < -0.3 is 25.0 Å². The minimum absolute atomic E-state index is 0.357. The third-order valence-corrected chi connectivity index (χ3v) is 7.73. The first-order chi connectivity index (χ1) is 21.6. The van der Waals surface area contributed by atoms with Crippen LogP contribution in [0.5, 0.6) is 0 Å². The molecule has 0 atom stereocenters. The number of H-pyrrole nitrogens is 1. The number of aromatic nitrogens is 3. The van der Waals surface area contributed by atoms with E-state index in [4.69, 9.17) is 24.6 Å². The Morgan fingerprint density at radius 2 is 1.73 bits per heavy atom. The molecule has 12 heteroatoms. The van der Waals surface area contributed by atoms with Crippen LogP contribution >= 0.6 is 0 Å². The summed E-state index contributed by atoms with van der Waals surface area (Å²) in [6, 6.07) is 20.5. The highest BCUT2D eigenvalue weighted by molar-refractivity contribution is 6.12. The number of likely N-dealkylation sites (tertiary alicyclic amines) is 1. The Labute approximate surface area is 257 Å². The average Bonchev–Trinajstić information content (AvgIpc) is 3.40. The van der Waals surface area contributed by atoms with E-state index < -0.39 is 12.1 Å². The van der Waals surface area contributed by atoms with Gasteiger partial charge in [0.25, 0.3) is 0 Å². The molecule has 3 N–H and O–H groups in total. The number of rotatable bonds is 8. The number of carboxylic acids is 1. The van der Waals surface area contributed by atoms with Gasteiger partial charge in [-0.15, -0.1) is 0 Å². The second-order valence-corrected chi connectivity index (χ2v) is 10.9. The van der Waals surface area contributed by atoms with E-state index in [0.29, 0.717) is 12.0 Å². The van der Waals surface area contributed by atoms with Gasteiger partial charge in [-0.2, -0.15) is 13.2 Å². The number of nitrogens with zero attached hydrogens (tertiary/aromatic N) is 3. The number of halogens is 3. The summed E-state index contributed by atoms with van der Waals surface area (Å²) in [5.74, 6) is -1.52. The molecular weight excluding hydrogens is 587 g/mol. The molecule has 5 aromatic rings. The van der Waals surface area contributed by atoms with Crippen LogP contribution < -0.4 is 5.32 Å². The third kappa shape index (κ3) is 7.88. The maximum Gasteiger partial charge on any atom is 0.490 e. The molecule has 0 saturated carbocycles. The third-order valence-electron chi connectivity index (χ3n) is 7.73. The van der Waals surface area contributed by atoms with E-state index in [2.05, 4.69) is 57.7 Å². The number of esters is 1. The van der Waals surface area contributed by atoms with Crippen LogP contribution in [0.1, 0.15) is 47.4 Å². The molecule has 0 bridgehead atoms. The molecule has 6 rings (SSSR count). The molecule has 1 aliphatic rings. The van der Waals surface area contributed by atoms with E-state index in [-0.39, 0.29) is 5.97 Å². The molecule has 3 heterocycles. The number of aliphatic carboxylic acids is 1. The van der Waals surface area contributed by atoms with Gasteiger partial charge in [0.05, 0.1) is 18.1 Å². The van der Waals surface area contributed by atoms with E-state index in [9.17, 15) is 18.0 Å². The van der Waals surface area contributed by atoms with Crippen LogP contribution in [-0.2, 0) is 16.0 Å². The predicted octanol–water partition coefficient (Wildman–Crippen LogP) is 6.56. The number of alkyl halides is 3. The lowest BCUT2D eigenvalue weighted by Crippen LogP contribution is -2.31. The second-order valence-electron chi connectivity index (χ2n) is 10.9. The summed E-state index contributed by atoms with van der Waals surface area (Å²) in [7, 11) is 1.40. The molecule has 1 aliphatic heterocycles. The van der Waals surface area contributed by atoms with Crippen molar-refractivity contribution in [3.8, 4) is 0 Å². The normalized spacial score (nSPS) is 13.9. The Bertz CT molecular complexity index is 1820.